The van der Waals surface area contributed by atoms with E-state index in [9.17, 15) is 4.79 Å². The van der Waals surface area contributed by atoms with Gasteiger partial charge in [-0.3, -0.25) is 0 Å². The summed E-state index contributed by atoms with van der Waals surface area (Å²) in [5, 5.41) is 4.94. The minimum atomic E-state index is -0.464. The van der Waals surface area contributed by atoms with E-state index in [2.05, 4.69) is 5.16 Å². The molecule has 3 rings (SSSR count). The summed E-state index contributed by atoms with van der Waals surface area (Å²) in [5.74, 6) is 0.364. The molecule has 1 aromatic heterocycles. The van der Waals surface area contributed by atoms with E-state index >= 15 is 0 Å². The van der Waals surface area contributed by atoms with Gasteiger partial charge in [0, 0.05) is 16.5 Å². The third kappa shape index (κ3) is 2.30. The van der Waals surface area contributed by atoms with Gasteiger partial charge in [0.25, 0.3) is 0 Å². The fraction of sp³-hybridized carbons (Fsp3) is 0.286. The number of rotatable bonds is 3. The summed E-state index contributed by atoms with van der Waals surface area (Å²) in [6.07, 6.45) is 1.99. The molecule has 2 aromatic rings. The number of hydrogen-bond donors (Lipinski definition) is 0. The third-order valence-corrected chi connectivity index (χ3v) is 3.79. The molecular weight excluding hydrogens is 301 g/mol. The van der Waals surface area contributed by atoms with Crippen LogP contribution in [0.3, 0.4) is 0 Å². The van der Waals surface area contributed by atoms with Crippen LogP contribution in [0.15, 0.2) is 22.7 Å². The summed E-state index contributed by atoms with van der Waals surface area (Å²) >= 11 is 12.0. The molecular formula is C14H11Cl2NO3. The van der Waals surface area contributed by atoms with Crippen LogP contribution in [0.2, 0.25) is 10.0 Å². The highest BCUT2D eigenvalue weighted by molar-refractivity contribution is 6.36. The summed E-state index contributed by atoms with van der Waals surface area (Å²) in [4.78, 5) is 12.0. The van der Waals surface area contributed by atoms with E-state index in [1.54, 1.807) is 18.2 Å². The van der Waals surface area contributed by atoms with Gasteiger partial charge in [-0.15, -0.1) is 0 Å². The Balaban J connectivity index is 2.15. The largest absolute Gasteiger partial charge is 0.465 e. The van der Waals surface area contributed by atoms with Crippen molar-refractivity contribution in [2.75, 3.05) is 7.11 Å². The van der Waals surface area contributed by atoms with Crippen molar-refractivity contribution in [1.82, 2.24) is 5.16 Å². The number of hydrogen-bond acceptors (Lipinski definition) is 4. The molecule has 1 aromatic carbocycles. The minimum absolute atomic E-state index is 0.247. The van der Waals surface area contributed by atoms with Crippen LogP contribution in [-0.2, 0) is 4.74 Å². The zero-order valence-corrected chi connectivity index (χ0v) is 12.2. The lowest BCUT2D eigenvalue weighted by atomic mass is 10.0. The van der Waals surface area contributed by atoms with Crippen LogP contribution in [-0.4, -0.2) is 18.2 Å². The van der Waals surface area contributed by atoms with Crippen molar-refractivity contribution in [2.24, 2.45) is 0 Å². The summed E-state index contributed by atoms with van der Waals surface area (Å²) in [7, 11) is 1.33. The highest BCUT2D eigenvalue weighted by Gasteiger charge is 2.36. The summed E-state index contributed by atoms with van der Waals surface area (Å²) in [5.41, 5.74) is 1.37. The molecule has 1 aliphatic carbocycles. The standard InChI is InChI=1S/C14H11Cl2NO3/c1-19-14(18)11-12(17-20-13(11)7-2-3-7)9-5-4-8(15)6-10(9)16/h4-7H,2-3H2,1H3. The van der Waals surface area contributed by atoms with Crippen LogP contribution in [0.1, 0.15) is 34.9 Å². The number of aromatic nitrogens is 1. The van der Waals surface area contributed by atoms with Crippen LogP contribution in [0.25, 0.3) is 11.3 Å². The quantitative estimate of drug-likeness (QED) is 0.792. The molecule has 0 radical (unpaired) electrons. The van der Waals surface area contributed by atoms with Crippen LogP contribution >= 0.6 is 23.2 Å². The Hall–Kier alpha value is -1.52. The van der Waals surface area contributed by atoms with Crippen molar-refractivity contribution >= 4 is 29.2 Å². The molecule has 1 fully saturated rings. The molecule has 1 saturated carbocycles. The second kappa shape index (κ2) is 5.11. The second-order valence-corrected chi connectivity index (χ2v) is 5.50. The Morgan fingerprint density at radius 2 is 2.15 bits per heavy atom. The van der Waals surface area contributed by atoms with Gasteiger partial charge in [0.05, 0.1) is 12.1 Å². The summed E-state index contributed by atoms with van der Waals surface area (Å²) < 4.78 is 10.2. The summed E-state index contributed by atoms with van der Waals surface area (Å²) in [6.45, 7) is 0. The Morgan fingerprint density at radius 3 is 2.75 bits per heavy atom. The molecule has 20 heavy (non-hydrogen) atoms. The van der Waals surface area contributed by atoms with Gasteiger partial charge in [-0.05, 0) is 31.0 Å². The van der Waals surface area contributed by atoms with E-state index < -0.39 is 5.97 Å². The van der Waals surface area contributed by atoms with E-state index in [1.807, 2.05) is 0 Å². The van der Waals surface area contributed by atoms with Gasteiger partial charge in [-0.1, -0.05) is 28.4 Å². The molecule has 0 bridgehead atoms. The van der Waals surface area contributed by atoms with Crippen LogP contribution in [0.4, 0.5) is 0 Å². The number of halogens is 2. The topological polar surface area (TPSA) is 52.3 Å². The van der Waals surface area contributed by atoms with Crippen molar-refractivity contribution in [1.29, 1.82) is 0 Å². The summed E-state index contributed by atoms with van der Waals surface area (Å²) in [6, 6.07) is 5.01. The first-order valence-corrected chi connectivity index (χ1v) is 6.90. The van der Waals surface area contributed by atoms with Crippen LogP contribution in [0.5, 0.6) is 0 Å². The van der Waals surface area contributed by atoms with Gasteiger partial charge in [-0.2, -0.15) is 0 Å². The van der Waals surface area contributed by atoms with Crippen molar-refractivity contribution in [2.45, 2.75) is 18.8 Å². The number of methoxy groups -OCH3 is 1. The van der Waals surface area contributed by atoms with E-state index in [4.69, 9.17) is 32.5 Å². The fourth-order valence-corrected chi connectivity index (χ4v) is 2.59. The normalized spacial score (nSPS) is 14.3. The first-order chi connectivity index (χ1) is 9.61. The van der Waals surface area contributed by atoms with Gasteiger partial charge in [0.15, 0.2) is 5.76 Å². The zero-order valence-electron chi connectivity index (χ0n) is 10.7. The smallest absolute Gasteiger partial charge is 0.343 e. The Labute approximate surface area is 125 Å². The Bertz CT molecular complexity index is 677. The molecule has 0 amide bonds. The molecule has 0 saturated heterocycles. The van der Waals surface area contributed by atoms with Crippen molar-refractivity contribution in [3.05, 3.63) is 39.6 Å². The van der Waals surface area contributed by atoms with E-state index in [0.717, 1.165) is 12.8 Å². The number of benzene rings is 1. The maximum absolute atomic E-state index is 12.0. The predicted octanol–water partition coefficient (Wildman–Crippen LogP) is 4.31. The van der Waals surface area contributed by atoms with Gasteiger partial charge in [-0.25, -0.2) is 4.79 Å². The molecule has 0 spiro atoms. The van der Waals surface area contributed by atoms with E-state index in [1.165, 1.54) is 7.11 Å². The number of ether oxygens (including phenoxy) is 1. The van der Waals surface area contributed by atoms with Crippen molar-refractivity contribution in [3.8, 4) is 11.3 Å². The molecule has 0 atom stereocenters. The van der Waals surface area contributed by atoms with Crippen molar-refractivity contribution in [3.63, 3.8) is 0 Å². The first-order valence-electron chi connectivity index (χ1n) is 6.15. The average molecular weight is 312 g/mol. The van der Waals surface area contributed by atoms with Gasteiger partial charge >= 0.3 is 5.97 Å². The monoisotopic (exact) mass is 311 g/mol. The molecule has 1 aliphatic rings. The molecule has 104 valence electrons. The van der Waals surface area contributed by atoms with E-state index in [0.29, 0.717) is 32.6 Å². The maximum Gasteiger partial charge on any atom is 0.343 e. The molecule has 6 heteroatoms. The Kier molecular flexibility index (Phi) is 3.44. The predicted molar refractivity (Wildman–Crippen MR) is 75.3 cm³/mol. The third-order valence-electron chi connectivity index (χ3n) is 3.24. The van der Waals surface area contributed by atoms with E-state index in [-0.39, 0.29) is 5.92 Å². The first kappa shape index (κ1) is 13.5. The number of carbonyl (C=O) groups is 1. The average Bonchev–Trinajstić information content (AvgIpc) is 3.18. The lowest BCUT2D eigenvalue weighted by Crippen LogP contribution is -2.05. The minimum Gasteiger partial charge on any atom is -0.465 e. The zero-order chi connectivity index (χ0) is 14.3. The number of esters is 1. The SMILES string of the molecule is COC(=O)c1c(-c2ccc(Cl)cc2Cl)noc1C1CC1. The number of nitrogens with zero attached hydrogens (tertiary/aromatic N) is 1. The van der Waals surface area contributed by atoms with Gasteiger partial charge in [0.1, 0.15) is 11.3 Å². The molecule has 0 unspecified atom stereocenters. The highest BCUT2D eigenvalue weighted by atomic mass is 35.5. The maximum atomic E-state index is 12.0. The number of carbonyl (C=O) groups excluding carboxylic acids is 1. The molecule has 0 aliphatic heterocycles. The molecule has 1 heterocycles. The van der Waals surface area contributed by atoms with Crippen LogP contribution < -0.4 is 0 Å². The van der Waals surface area contributed by atoms with Crippen LogP contribution in [0, 0.1) is 0 Å². The lowest BCUT2D eigenvalue weighted by Gasteiger charge is -2.04. The molecule has 0 N–H and O–H groups in total. The highest BCUT2D eigenvalue weighted by Crippen LogP contribution is 2.45. The lowest BCUT2D eigenvalue weighted by molar-refractivity contribution is 0.0599. The second-order valence-electron chi connectivity index (χ2n) is 4.66. The van der Waals surface area contributed by atoms with Crippen molar-refractivity contribution < 1.29 is 14.1 Å². The van der Waals surface area contributed by atoms with Gasteiger partial charge in [0.2, 0.25) is 0 Å². The Morgan fingerprint density at radius 1 is 1.40 bits per heavy atom. The molecule has 4 nitrogen and oxygen atoms in total. The fourth-order valence-electron chi connectivity index (χ4n) is 2.09. The van der Waals surface area contributed by atoms with Gasteiger partial charge < -0.3 is 9.26 Å².